The molecule has 0 saturated carbocycles. The molecule has 0 amide bonds. The van der Waals surface area contributed by atoms with Gasteiger partial charge in [-0.25, -0.2) is 15.0 Å². The molecule has 5 nitrogen and oxygen atoms in total. The largest absolute Gasteiger partial charge is 0.353 e. The number of H-pyrrole nitrogens is 2. The number of nitrogens with one attached hydrogen (secondary N) is 2. The fourth-order valence-corrected chi connectivity index (χ4v) is 2.17. The van der Waals surface area contributed by atoms with Crippen molar-refractivity contribution in [1.29, 1.82) is 0 Å². The third-order valence-corrected chi connectivity index (χ3v) is 3.01. The lowest BCUT2D eigenvalue weighted by Gasteiger charge is -1.97. The Morgan fingerprint density at radius 1 is 1.00 bits per heavy atom. The van der Waals surface area contributed by atoms with Crippen molar-refractivity contribution in [2.45, 2.75) is 0 Å². The molecule has 4 aromatic rings. The average molecular weight is 235 g/mol. The van der Waals surface area contributed by atoms with E-state index in [-0.39, 0.29) is 0 Å². The Balaban J connectivity index is 2.04. The summed E-state index contributed by atoms with van der Waals surface area (Å²) in [5.74, 6) is 0. The lowest BCUT2D eigenvalue weighted by molar-refractivity contribution is 1.19. The minimum Gasteiger partial charge on any atom is -0.353 e. The fraction of sp³-hybridized carbons (Fsp3) is 0. The van der Waals surface area contributed by atoms with E-state index in [1.807, 2.05) is 18.2 Å². The number of hydrogen-bond donors (Lipinski definition) is 2. The number of nitrogens with zero attached hydrogens (tertiary/aromatic N) is 3. The van der Waals surface area contributed by atoms with E-state index in [1.54, 1.807) is 6.33 Å². The molecule has 1 aromatic carbocycles. The van der Waals surface area contributed by atoms with Crippen LogP contribution in [0, 0.1) is 0 Å². The molecule has 5 heteroatoms. The van der Waals surface area contributed by atoms with Crippen molar-refractivity contribution in [2.24, 2.45) is 0 Å². The highest BCUT2D eigenvalue weighted by Gasteiger charge is 2.10. The molecular weight excluding hydrogens is 226 g/mol. The van der Waals surface area contributed by atoms with Gasteiger partial charge < -0.3 is 9.97 Å². The van der Waals surface area contributed by atoms with Gasteiger partial charge in [0.1, 0.15) is 17.5 Å². The van der Waals surface area contributed by atoms with Crippen LogP contribution in [0.15, 0.2) is 43.0 Å². The molecule has 0 unspecified atom stereocenters. The molecule has 0 atom stereocenters. The summed E-state index contributed by atoms with van der Waals surface area (Å²) in [6.45, 7) is 0. The van der Waals surface area contributed by atoms with Crippen LogP contribution in [0.3, 0.4) is 0 Å². The minimum atomic E-state index is 0.679. The first-order valence-corrected chi connectivity index (χ1v) is 5.64. The van der Waals surface area contributed by atoms with Gasteiger partial charge >= 0.3 is 0 Å². The molecule has 3 heterocycles. The molecule has 0 saturated heterocycles. The van der Waals surface area contributed by atoms with Crippen molar-refractivity contribution in [3.05, 3.63) is 43.0 Å². The standard InChI is InChI=1S/C13H9N5/c1-2-4-9-8(3-1)5-10(18-9)11-12-13(16-6-14-11)17-7-15-12/h1-7,18H,(H,14,15,16,17). The van der Waals surface area contributed by atoms with Crippen LogP contribution in [-0.2, 0) is 0 Å². The summed E-state index contributed by atoms with van der Waals surface area (Å²) < 4.78 is 0. The van der Waals surface area contributed by atoms with Crippen LogP contribution < -0.4 is 0 Å². The van der Waals surface area contributed by atoms with E-state index in [2.05, 4.69) is 37.1 Å². The number of para-hydroxylation sites is 1. The Hall–Kier alpha value is -2.69. The maximum Gasteiger partial charge on any atom is 0.181 e. The fourth-order valence-electron chi connectivity index (χ4n) is 2.17. The number of aromatic nitrogens is 5. The van der Waals surface area contributed by atoms with E-state index in [0.717, 1.165) is 22.4 Å². The summed E-state index contributed by atoms with van der Waals surface area (Å²) in [5.41, 5.74) is 4.43. The third kappa shape index (κ3) is 1.24. The number of hydrogen-bond acceptors (Lipinski definition) is 3. The summed E-state index contributed by atoms with van der Waals surface area (Å²) >= 11 is 0. The Labute approximate surface area is 102 Å². The smallest absolute Gasteiger partial charge is 0.181 e. The predicted molar refractivity (Wildman–Crippen MR) is 69.0 cm³/mol. The van der Waals surface area contributed by atoms with E-state index >= 15 is 0 Å². The van der Waals surface area contributed by atoms with Crippen molar-refractivity contribution in [3.8, 4) is 11.4 Å². The molecule has 0 spiro atoms. The second kappa shape index (κ2) is 3.40. The highest BCUT2D eigenvalue weighted by Crippen LogP contribution is 2.25. The van der Waals surface area contributed by atoms with E-state index in [0.29, 0.717) is 5.65 Å². The maximum atomic E-state index is 4.33. The van der Waals surface area contributed by atoms with Crippen molar-refractivity contribution >= 4 is 22.1 Å². The molecule has 4 rings (SSSR count). The molecule has 0 radical (unpaired) electrons. The third-order valence-electron chi connectivity index (χ3n) is 3.01. The highest BCUT2D eigenvalue weighted by molar-refractivity contribution is 5.91. The lowest BCUT2D eigenvalue weighted by Crippen LogP contribution is -1.88. The first-order chi connectivity index (χ1) is 8.92. The average Bonchev–Trinajstić information content (AvgIpc) is 3.04. The molecule has 0 fully saturated rings. The van der Waals surface area contributed by atoms with Crippen LogP contribution in [0.5, 0.6) is 0 Å². The van der Waals surface area contributed by atoms with Crippen LogP contribution >= 0.6 is 0 Å². The SMILES string of the molecule is c1ccc2[nH]c(-c3ncnc4nc[nH]c34)cc2c1. The Morgan fingerprint density at radius 2 is 1.94 bits per heavy atom. The van der Waals surface area contributed by atoms with Gasteiger partial charge in [0.2, 0.25) is 0 Å². The van der Waals surface area contributed by atoms with E-state index in [9.17, 15) is 0 Å². The van der Waals surface area contributed by atoms with Crippen LogP contribution in [-0.4, -0.2) is 24.9 Å². The van der Waals surface area contributed by atoms with Gasteiger partial charge in [-0.05, 0) is 12.1 Å². The van der Waals surface area contributed by atoms with Crippen LogP contribution in [0.4, 0.5) is 0 Å². The van der Waals surface area contributed by atoms with Gasteiger partial charge in [-0.1, -0.05) is 18.2 Å². The number of benzene rings is 1. The summed E-state index contributed by atoms with van der Waals surface area (Å²) in [5, 5.41) is 1.17. The van der Waals surface area contributed by atoms with E-state index in [1.165, 1.54) is 11.7 Å². The lowest BCUT2D eigenvalue weighted by atomic mass is 10.2. The molecule has 0 aliphatic heterocycles. The van der Waals surface area contributed by atoms with Gasteiger partial charge in [-0.2, -0.15) is 0 Å². The van der Waals surface area contributed by atoms with Crippen molar-refractivity contribution in [1.82, 2.24) is 24.9 Å². The Bertz CT molecular complexity index is 809. The van der Waals surface area contributed by atoms with Crippen molar-refractivity contribution in [2.75, 3.05) is 0 Å². The van der Waals surface area contributed by atoms with Crippen LogP contribution in [0.2, 0.25) is 0 Å². The molecule has 3 aromatic heterocycles. The summed E-state index contributed by atoms with van der Waals surface area (Å²) in [7, 11) is 0. The monoisotopic (exact) mass is 235 g/mol. The number of fused-ring (bicyclic) bond motifs is 2. The normalized spacial score (nSPS) is 11.3. The summed E-state index contributed by atoms with van der Waals surface area (Å²) in [6, 6.07) is 10.2. The van der Waals surface area contributed by atoms with Crippen LogP contribution in [0.25, 0.3) is 33.5 Å². The topological polar surface area (TPSA) is 70.2 Å². The number of aromatic amines is 2. The number of imidazole rings is 1. The van der Waals surface area contributed by atoms with Gasteiger partial charge in [0, 0.05) is 10.9 Å². The van der Waals surface area contributed by atoms with Gasteiger partial charge in [-0.15, -0.1) is 0 Å². The van der Waals surface area contributed by atoms with Crippen molar-refractivity contribution < 1.29 is 0 Å². The quantitative estimate of drug-likeness (QED) is 0.532. The zero-order chi connectivity index (χ0) is 11.9. The summed E-state index contributed by atoms with van der Waals surface area (Å²) in [6.07, 6.45) is 3.16. The van der Waals surface area contributed by atoms with Crippen LogP contribution in [0.1, 0.15) is 0 Å². The highest BCUT2D eigenvalue weighted by atomic mass is 15.0. The van der Waals surface area contributed by atoms with E-state index in [4.69, 9.17) is 0 Å². The van der Waals surface area contributed by atoms with Crippen molar-refractivity contribution in [3.63, 3.8) is 0 Å². The second-order valence-corrected chi connectivity index (χ2v) is 4.09. The van der Waals surface area contributed by atoms with Gasteiger partial charge in [0.05, 0.1) is 12.0 Å². The maximum absolute atomic E-state index is 4.33. The first-order valence-electron chi connectivity index (χ1n) is 5.64. The molecule has 2 N–H and O–H groups in total. The number of rotatable bonds is 1. The molecular formula is C13H9N5. The Morgan fingerprint density at radius 3 is 2.89 bits per heavy atom. The first kappa shape index (κ1) is 9.35. The second-order valence-electron chi connectivity index (χ2n) is 4.09. The zero-order valence-corrected chi connectivity index (χ0v) is 9.38. The molecule has 0 bridgehead atoms. The van der Waals surface area contributed by atoms with Gasteiger partial charge in [0.15, 0.2) is 5.65 Å². The minimum absolute atomic E-state index is 0.679. The molecule has 0 aliphatic carbocycles. The summed E-state index contributed by atoms with van der Waals surface area (Å²) in [4.78, 5) is 19.0. The van der Waals surface area contributed by atoms with Gasteiger partial charge in [0.25, 0.3) is 0 Å². The molecule has 86 valence electrons. The van der Waals surface area contributed by atoms with E-state index < -0.39 is 0 Å². The zero-order valence-electron chi connectivity index (χ0n) is 9.38. The molecule has 0 aliphatic rings. The predicted octanol–water partition coefficient (Wildman–Crippen LogP) is 2.50. The molecule has 18 heavy (non-hydrogen) atoms. The Kier molecular flexibility index (Phi) is 1.77. The van der Waals surface area contributed by atoms with Gasteiger partial charge in [-0.3, -0.25) is 0 Å².